The highest BCUT2D eigenvalue weighted by molar-refractivity contribution is 8.00. The maximum absolute atomic E-state index is 12.4. The molecule has 0 atom stereocenters. The van der Waals surface area contributed by atoms with Crippen molar-refractivity contribution in [2.75, 3.05) is 18.0 Å². The van der Waals surface area contributed by atoms with Gasteiger partial charge >= 0.3 is 5.51 Å². The first kappa shape index (κ1) is 16.2. The molecule has 1 aromatic carbocycles. The minimum Gasteiger partial charge on any atom is -0.370 e. The third kappa shape index (κ3) is 4.19. The van der Waals surface area contributed by atoms with Gasteiger partial charge in [0.1, 0.15) is 0 Å². The van der Waals surface area contributed by atoms with Gasteiger partial charge in [0.25, 0.3) is 0 Å². The van der Waals surface area contributed by atoms with Crippen LogP contribution in [0.4, 0.5) is 18.9 Å². The molecule has 0 saturated carbocycles. The van der Waals surface area contributed by atoms with Gasteiger partial charge in [0, 0.05) is 29.7 Å². The maximum Gasteiger partial charge on any atom is 0.446 e. The van der Waals surface area contributed by atoms with Gasteiger partial charge in [0.2, 0.25) is 0 Å². The van der Waals surface area contributed by atoms with Gasteiger partial charge in [0.15, 0.2) is 0 Å². The molecule has 0 bridgehead atoms. The summed E-state index contributed by atoms with van der Waals surface area (Å²) >= 11 is -0.0939. The van der Waals surface area contributed by atoms with Gasteiger partial charge in [-0.1, -0.05) is 12.1 Å². The fraction of sp³-hybridized carbons (Fsp3) is 0.353. The first-order chi connectivity index (χ1) is 11.0. The van der Waals surface area contributed by atoms with E-state index in [2.05, 4.69) is 9.88 Å². The van der Waals surface area contributed by atoms with Gasteiger partial charge in [-0.2, -0.15) is 13.2 Å². The van der Waals surface area contributed by atoms with E-state index in [1.165, 1.54) is 18.6 Å². The summed E-state index contributed by atoms with van der Waals surface area (Å²) in [6.45, 7) is 2.00. The molecule has 0 aliphatic carbocycles. The first-order valence-electron chi connectivity index (χ1n) is 7.59. The first-order valence-corrected chi connectivity index (χ1v) is 8.41. The Labute approximate surface area is 137 Å². The van der Waals surface area contributed by atoms with Gasteiger partial charge in [0.05, 0.1) is 11.4 Å². The molecule has 3 rings (SSSR count). The number of thioether (sulfide) groups is 1. The van der Waals surface area contributed by atoms with Crippen molar-refractivity contribution in [2.45, 2.75) is 29.7 Å². The van der Waals surface area contributed by atoms with Crippen LogP contribution in [0.2, 0.25) is 0 Å². The summed E-state index contributed by atoms with van der Waals surface area (Å²) in [5, 5.41) is 0. The second-order valence-corrected chi connectivity index (χ2v) is 6.63. The number of hydrogen-bond acceptors (Lipinski definition) is 3. The SMILES string of the molecule is FC(F)(F)Sc1ccc(-c2ncccc2N2CCCCC2)cc1. The minimum absolute atomic E-state index is 0.0939. The third-order valence-electron chi connectivity index (χ3n) is 3.84. The fourth-order valence-corrected chi connectivity index (χ4v) is 3.36. The average Bonchev–Trinajstić information content (AvgIpc) is 2.55. The highest BCUT2D eigenvalue weighted by atomic mass is 32.2. The molecule has 2 aromatic rings. The Morgan fingerprint density at radius 2 is 1.65 bits per heavy atom. The topological polar surface area (TPSA) is 16.1 Å². The fourth-order valence-electron chi connectivity index (χ4n) is 2.82. The van der Waals surface area contributed by atoms with Crippen molar-refractivity contribution in [2.24, 2.45) is 0 Å². The van der Waals surface area contributed by atoms with E-state index >= 15 is 0 Å². The second-order valence-electron chi connectivity index (χ2n) is 5.49. The van der Waals surface area contributed by atoms with Crippen LogP contribution in [0.5, 0.6) is 0 Å². The zero-order valence-corrected chi connectivity index (χ0v) is 13.3. The number of nitrogens with zero attached hydrogens (tertiary/aromatic N) is 2. The maximum atomic E-state index is 12.4. The molecule has 1 aromatic heterocycles. The van der Waals surface area contributed by atoms with Crippen LogP contribution in [0.1, 0.15) is 19.3 Å². The quantitative estimate of drug-likeness (QED) is 0.702. The van der Waals surface area contributed by atoms with Crippen molar-refractivity contribution in [1.29, 1.82) is 0 Å². The number of pyridine rings is 1. The van der Waals surface area contributed by atoms with Gasteiger partial charge in [-0.3, -0.25) is 4.98 Å². The number of rotatable bonds is 3. The Morgan fingerprint density at radius 1 is 0.957 bits per heavy atom. The lowest BCUT2D eigenvalue weighted by Gasteiger charge is -2.30. The monoisotopic (exact) mass is 338 g/mol. The number of benzene rings is 1. The smallest absolute Gasteiger partial charge is 0.370 e. The number of alkyl halides is 3. The van der Waals surface area contributed by atoms with Crippen LogP contribution in [-0.2, 0) is 0 Å². The minimum atomic E-state index is -4.26. The molecule has 2 heterocycles. The second kappa shape index (κ2) is 6.83. The van der Waals surface area contributed by atoms with Crippen LogP contribution in [-0.4, -0.2) is 23.6 Å². The number of halogens is 3. The van der Waals surface area contributed by atoms with E-state index in [4.69, 9.17) is 0 Å². The molecular weight excluding hydrogens is 321 g/mol. The van der Waals surface area contributed by atoms with Crippen LogP contribution in [0.15, 0.2) is 47.5 Å². The zero-order chi connectivity index (χ0) is 16.3. The van der Waals surface area contributed by atoms with Crippen molar-refractivity contribution >= 4 is 17.4 Å². The number of piperidine rings is 1. The van der Waals surface area contributed by atoms with Crippen molar-refractivity contribution in [3.05, 3.63) is 42.6 Å². The lowest BCUT2D eigenvalue weighted by atomic mass is 10.1. The normalized spacial score (nSPS) is 15.7. The molecule has 2 nitrogen and oxygen atoms in total. The van der Waals surface area contributed by atoms with Crippen LogP contribution < -0.4 is 4.90 Å². The Bertz CT molecular complexity index is 650. The summed E-state index contributed by atoms with van der Waals surface area (Å²) < 4.78 is 37.2. The third-order valence-corrected chi connectivity index (χ3v) is 4.58. The van der Waals surface area contributed by atoms with Crippen LogP contribution in [0.3, 0.4) is 0 Å². The molecule has 0 amide bonds. The standard InChI is InChI=1S/C17H17F3N2S/c18-17(19,20)23-14-8-6-13(7-9-14)16-15(5-4-10-21-16)22-11-2-1-3-12-22/h4-10H,1-3,11-12H2. The molecule has 0 N–H and O–H groups in total. The highest BCUT2D eigenvalue weighted by Crippen LogP contribution is 2.38. The summed E-state index contributed by atoms with van der Waals surface area (Å²) in [5.74, 6) is 0. The van der Waals surface area contributed by atoms with Crippen molar-refractivity contribution < 1.29 is 13.2 Å². The van der Waals surface area contributed by atoms with Gasteiger partial charge in [-0.05, 0) is 55.3 Å². The predicted octanol–water partition coefficient (Wildman–Crippen LogP) is 5.35. The van der Waals surface area contributed by atoms with E-state index in [0.29, 0.717) is 0 Å². The molecular formula is C17H17F3N2S. The Kier molecular flexibility index (Phi) is 4.80. The predicted molar refractivity (Wildman–Crippen MR) is 87.6 cm³/mol. The average molecular weight is 338 g/mol. The summed E-state index contributed by atoms with van der Waals surface area (Å²) in [4.78, 5) is 6.96. The lowest BCUT2D eigenvalue weighted by molar-refractivity contribution is -0.0328. The van der Waals surface area contributed by atoms with Crippen molar-refractivity contribution in [3.63, 3.8) is 0 Å². The summed E-state index contributed by atoms with van der Waals surface area (Å²) in [6.07, 6.45) is 5.29. The van der Waals surface area contributed by atoms with E-state index in [0.717, 1.165) is 42.9 Å². The zero-order valence-electron chi connectivity index (χ0n) is 12.5. The molecule has 1 aliphatic heterocycles. The Hall–Kier alpha value is -1.69. The van der Waals surface area contributed by atoms with Gasteiger partial charge in [-0.15, -0.1) is 0 Å². The summed E-state index contributed by atoms with van der Waals surface area (Å²) in [7, 11) is 0. The number of anilines is 1. The molecule has 0 spiro atoms. The van der Waals surface area contributed by atoms with E-state index < -0.39 is 5.51 Å². The van der Waals surface area contributed by atoms with Crippen LogP contribution in [0.25, 0.3) is 11.3 Å². The Balaban J connectivity index is 1.86. The van der Waals surface area contributed by atoms with E-state index in [1.54, 1.807) is 18.3 Å². The van der Waals surface area contributed by atoms with Crippen LogP contribution >= 0.6 is 11.8 Å². The number of aromatic nitrogens is 1. The molecule has 122 valence electrons. The Morgan fingerprint density at radius 3 is 2.30 bits per heavy atom. The summed E-state index contributed by atoms with van der Waals surface area (Å²) in [6, 6.07) is 10.4. The van der Waals surface area contributed by atoms with E-state index in [9.17, 15) is 13.2 Å². The molecule has 6 heteroatoms. The molecule has 1 saturated heterocycles. The van der Waals surface area contributed by atoms with Gasteiger partial charge < -0.3 is 4.90 Å². The largest absolute Gasteiger partial charge is 0.446 e. The van der Waals surface area contributed by atoms with E-state index in [-0.39, 0.29) is 16.7 Å². The molecule has 0 unspecified atom stereocenters. The molecule has 1 fully saturated rings. The van der Waals surface area contributed by atoms with Crippen molar-refractivity contribution in [1.82, 2.24) is 4.98 Å². The lowest BCUT2D eigenvalue weighted by Crippen LogP contribution is -2.29. The van der Waals surface area contributed by atoms with Crippen LogP contribution in [0, 0.1) is 0 Å². The molecule has 23 heavy (non-hydrogen) atoms. The molecule has 1 aliphatic rings. The van der Waals surface area contributed by atoms with E-state index in [1.807, 2.05) is 12.1 Å². The van der Waals surface area contributed by atoms with Gasteiger partial charge in [-0.25, -0.2) is 0 Å². The molecule has 0 radical (unpaired) electrons. The highest BCUT2D eigenvalue weighted by Gasteiger charge is 2.29. The number of hydrogen-bond donors (Lipinski definition) is 0. The summed E-state index contributed by atoms with van der Waals surface area (Å²) in [5.41, 5.74) is -1.52. The van der Waals surface area contributed by atoms with Crippen molar-refractivity contribution in [3.8, 4) is 11.3 Å².